The number of ether oxygens (including phenoxy) is 1. The molecule has 0 atom stereocenters. The van der Waals surface area contributed by atoms with Crippen LogP contribution in [0.4, 0.5) is 0 Å². The highest BCUT2D eigenvalue weighted by molar-refractivity contribution is 5.98. The maximum Gasteiger partial charge on any atom is 0.348 e. The quantitative estimate of drug-likeness (QED) is 0.413. The Balaban J connectivity index is 2.06. The van der Waals surface area contributed by atoms with Gasteiger partial charge in [0.05, 0.1) is 6.54 Å². The summed E-state index contributed by atoms with van der Waals surface area (Å²) in [5.74, 6) is 0.0151. The molecule has 0 saturated heterocycles. The number of nitriles is 1. The Morgan fingerprint density at radius 2 is 2.15 bits per heavy atom. The van der Waals surface area contributed by atoms with Crippen LogP contribution in [0.2, 0.25) is 0 Å². The molecule has 0 N–H and O–H groups in total. The van der Waals surface area contributed by atoms with E-state index < -0.39 is 5.97 Å². The van der Waals surface area contributed by atoms with Gasteiger partial charge in [0.25, 0.3) is 0 Å². The molecule has 0 aliphatic carbocycles. The van der Waals surface area contributed by atoms with Crippen molar-refractivity contribution in [3.8, 4) is 6.07 Å². The highest BCUT2D eigenvalue weighted by atomic mass is 16.5. The highest BCUT2D eigenvalue weighted by Crippen LogP contribution is 2.20. The molecule has 0 radical (unpaired) electrons. The van der Waals surface area contributed by atoms with Crippen molar-refractivity contribution in [3.63, 3.8) is 0 Å². The molecular formula is C20H26N4O2. The molecule has 2 aromatic rings. The first-order valence-electron chi connectivity index (χ1n) is 8.85. The van der Waals surface area contributed by atoms with Gasteiger partial charge in [0, 0.05) is 30.3 Å². The first-order valence-corrected chi connectivity index (χ1v) is 8.85. The zero-order valence-electron chi connectivity index (χ0n) is 15.9. The van der Waals surface area contributed by atoms with E-state index in [1.54, 1.807) is 29.2 Å². The van der Waals surface area contributed by atoms with E-state index in [4.69, 9.17) is 4.74 Å². The number of nitrogens with zero attached hydrogens (tertiary/aromatic N) is 4. The van der Waals surface area contributed by atoms with Crippen LogP contribution in [0, 0.1) is 31.1 Å². The monoisotopic (exact) mass is 354 g/mol. The number of aryl methyl sites for hydroxylation is 1. The zero-order valence-corrected chi connectivity index (χ0v) is 15.9. The maximum atomic E-state index is 12.2. The third kappa shape index (κ3) is 5.09. The first-order chi connectivity index (χ1) is 12.4. The van der Waals surface area contributed by atoms with Crippen LogP contribution in [0.3, 0.4) is 0 Å². The summed E-state index contributed by atoms with van der Waals surface area (Å²) in [6.07, 6.45) is 6.16. The van der Waals surface area contributed by atoms with Crippen molar-refractivity contribution in [2.24, 2.45) is 5.92 Å². The van der Waals surface area contributed by atoms with Crippen molar-refractivity contribution < 1.29 is 9.53 Å². The number of esters is 1. The molecule has 0 aliphatic rings. The van der Waals surface area contributed by atoms with E-state index in [0.717, 1.165) is 29.9 Å². The van der Waals surface area contributed by atoms with Crippen molar-refractivity contribution in [2.45, 2.75) is 47.2 Å². The van der Waals surface area contributed by atoms with E-state index in [2.05, 4.69) is 23.5 Å². The predicted molar refractivity (Wildman–Crippen MR) is 100 cm³/mol. The van der Waals surface area contributed by atoms with Crippen LogP contribution in [0.15, 0.2) is 30.1 Å². The second-order valence-corrected chi connectivity index (χ2v) is 6.74. The van der Waals surface area contributed by atoms with E-state index in [9.17, 15) is 10.1 Å². The molecule has 0 saturated carbocycles. The fourth-order valence-corrected chi connectivity index (χ4v) is 2.74. The van der Waals surface area contributed by atoms with Crippen molar-refractivity contribution in [1.29, 1.82) is 5.26 Å². The smallest absolute Gasteiger partial charge is 0.348 e. The van der Waals surface area contributed by atoms with Crippen LogP contribution in [0.1, 0.15) is 37.2 Å². The summed E-state index contributed by atoms with van der Waals surface area (Å²) in [6.45, 7) is 10.0. The number of aromatic nitrogens is 3. The van der Waals surface area contributed by atoms with Gasteiger partial charge in [-0.2, -0.15) is 10.4 Å². The molecule has 2 rings (SSSR count). The first kappa shape index (κ1) is 19.5. The minimum Gasteiger partial charge on any atom is -0.460 e. The van der Waals surface area contributed by atoms with Crippen LogP contribution in [0.25, 0.3) is 6.08 Å². The Morgan fingerprint density at radius 3 is 2.77 bits per heavy atom. The maximum absolute atomic E-state index is 12.2. The Morgan fingerprint density at radius 1 is 1.38 bits per heavy atom. The van der Waals surface area contributed by atoms with Crippen molar-refractivity contribution in [2.75, 3.05) is 6.61 Å². The van der Waals surface area contributed by atoms with Gasteiger partial charge in [0.15, 0.2) is 0 Å². The second-order valence-electron chi connectivity index (χ2n) is 6.74. The number of hydrogen-bond donors (Lipinski definition) is 0. The second kappa shape index (κ2) is 9.04. The summed E-state index contributed by atoms with van der Waals surface area (Å²) in [7, 11) is 0. The fourth-order valence-electron chi connectivity index (χ4n) is 2.74. The Kier molecular flexibility index (Phi) is 6.79. The van der Waals surface area contributed by atoms with Crippen LogP contribution in [-0.4, -0.2) is 26.9 Å². The van der Waals surface area contributed by atoms with Crippen LogP contribution < -0.4 is 0 Å². The van der Waals surface area contributed by atoms with Crippen LogP contribution >= 0.6 is 0 Å². The molecule has 6 nitrogen and oxygen atoms in total. The summed E-state index contributed by atoms with van der Waals surface area (Å²) in [6, 6.07) is 5.76. The van der Waals surface area contributed by atoms with Gasteiger partial charge in [0.1, 0.15) is 18.2 Å². The zero-order chi connectivity index (χ0) is 19.1. The molecule has 6 heteroatoms. The normalized spacial score (nSPS) is 11.6. The van der Waals surface area contributed by atoms with Gasteiger partial charge in [-0.3, -0.25) is 4.68 Å². The van der Waals surface area contributed by atoms with E-state index in [-0.39, 0.29) is 12.2 Å². The lowest BCUT2D eigenvalue weighted by Crippen LogP contribution is -2.12. The average molecular weight is 354 g/mol. The molecule has 0 aliphatic heterocycles. The molecule has 0 bridgehead atoms. The standard InChI is InChI=1S/C20H26N4O2/c1-15(2)6-9-24-16(3)12-18(17(24)4)13-19(14-21)20(25)26-11-10-23-8-5-7-22-23/h5,7-8,12-13,15H,6,9-11H2,1-4H3/b19-13-. The Hall–Kier alpha value is -2.81. The fraction of sp³-hybridized carbons (Fsp3) is 0.450. The summed E-state index contributed by atoms with van der Waals surface area (Å²) in [5.41, 5.74) is 3.07. The van der Waals surface area contributed by atoms with Gasteiger partial charge in [-0.15, -0.1) is 0 Å². The van der Waals surface area contributed by atoms with Gasteiger partial charge >= 0.3 is 5.97 Å². The molecule has 26 heavy (non-hydrogen) atoms. The minimum atomic E-state index is -0.605. The van der Waals surface area contributed by atoms with Gasteiger partial charge in [-0.1, -0.05) is 13.8 Å². The summed E-state index contributed by atoms with van der Waals surface area (Å²) < 4.78 is 9.10. The number of carbonyl (C=O) groups excluding carboxylic acids is 1. The van der Waals surface area contributed by atoms with E-state index in [0.29, 0.717) is 12.5 Å². The van der Waals surface area contributed by atoms with Gasteiger partial charge in [0.2, 0.25) is 0 Å². The predicted octanol–water partition coefficient (Wildman–Crippen LogP) is 3.50. The van der Waals surface area contributed by atoms with Gasteiger partial charge < -0.3 is 9.30 Å². The summed E-state index contributed by atoms with van der Waals surface area (Å²) in [4.78, 5) is 12.2. The number of rotatable bonds is 8. The lowest BCUT2D eigenvalue weighted by Gasteiger charge is -2.11. The van der Waals surface area contributed by atoms with E-state index in [1.807, 2.05) is 26.0 Å². The molecule has 2 heterocycles. The average Bonchev–Trinajstić information content (AvgIpc) is 3.19. The molecule has 0 fully saturated rings. The van der Waals surface area contributed by atoms with Crippen molar-refractivity contribution >= 4 is 12.0 Å². The molecule has 2 aromatic heterocycles. The lowest BCUT2D eigenvalue weighted by atomic mass is 10.1. The molecule has 0 aromatic carbocycles. The molecule has 0 amide bonds. The Bertz CT molecular complexity index is 808. The SMILES string of the molecule is Cc1cc(/C=C(/C#N)C(=O)OCCn2cccn2)c(C)n1CCC(C)C. The highest BCUT2D eigenvalue weighted by Gasteiger charge is 2.14. The summed E-state index contributed by atoms with van der Waals surface area (Å²) in [5, 5.41) is 13.4. The van der Waals surface area contributed by atoms with Crippen molar-refractivity contribution in [3.05, 3.63) is 47.1 Å². The number of carbonyl (C=O) groups is 1. The van der Waals surface area contributed by atoms with Crippen molar-refractivity contribution in [1.82, 2.24) is 14.3 Å². The topological polar surface area (TPSA) is 72.8 Å². The van der Waals surface area contributed by atoms with Gasteiger partial charge in [-0.05, 0) is 50.0 Å². The van der Waals surface area contributed by atoms with Crippen LogP contribution in [-0.2, 0) is 22.6 Å². The largest absolute Gasteiger partial charge is 0.460 e. The number of hydrogen-bond acceptors (Lipinski definition) is 4. The molecular weight excluding hydrogens is 328 g/mol. The van der Waals surface area contributed by atoms with Crippen LogP contribution in [0.5, 0.6) is 0 Å². The molecule has 0 unspecified atom stereocenters. The molecule has 138 valence electrons. The van der Waals surface area contributed by atoms with E-state index in [1.165, 1.54) is 0 Å². The summed E-state index contributed by atoms with van der Waals surface area (Å²) >= 11 is 0. The minimum absolute atomic E-state index is 0.00887. The third-order valence-corrected chi connectivity index (χ3v) is 4.30. The lowest BCUT2D eigenvalue weighted by molar-refractivity contribution is -0.138. The van der Waals surface area contributed by atoms with Gasteiger partial charge in [-0.25, -0.2) is 4.79 Å². The molecule has 0 spiro atoms. The third-order valence-electron chi connectivity index (χ3n) is 4.30. The van der Waals surface area contributed by atoms with E-state index >= 15 is 0 Å². The Labute approximate surface area is 154 Å².